The zero-order valence-electron chi connectivity index (χ0n) is 19.3. The number of hydrogen-bond donors (Lipinski definition) is 2. The smallest absolute Gasteiger partial charge is 0.256 e. The average Bonchev–Trinajstić information content (AvgIpc) is 2.86. The van der Waals surface area contributed by atoms with Crippen LogP contribution in [-0.4, -0.2) is 23.2 Å². The Hall–Kier alpha value is -4.25. The maximum absolute atomic E-state index is 13.2. The van der Waals surface area contributed by atoms with Crippen LogP contribution in [0.4, 0.5) is 11.4 Å². The monoisotopic (exact) mass is 449 g/mol. The van der Waals surface area contributed by atoms with Crippen molar-refractivity contribution in [1.29, 1.82) is 0 Å². The highest BCUT2D eigenvalue weighted by Crippen LogP contribution is 2.27. The van der Waals surface area contributed by atoms with E-state index < -0.39 is 0 Å². The summed E-state index contributed by atoms with van der Waals surface area (Å²) in [5.74, 6) is -0.333. The second-order valence-electron chi connectivity index (χ2n) is 8.21. The second-order valence-corrected chi connectivity index (χ2v) is 8.21. The standard InChI is InChI=1S/C29H27N3O2/c1-20-6-8-22(9-7-20)27-15-10-23(21(2)33)19-28(27)29(34)32-26-13-11-25(12-14-26)31-18-16-24-5-3-4-17-30-24/h3-15,17,19,31H,16,18H2,1-2H3,(H,32,34). The molecule has 0 aliphatic heterocycles. The fourth-order valence-corrected chi connectivity index (χ4v) is 3.69. The van der Waals surface area contributed by atoms with Crippen LogP contribution in [0.15, 0.2) is 91.1 Å². The van der Waals surface area contributed by atoms with Gasteiger partial charge in [0.2, 0.25) is 0 Å². The normalized spacial score (nSPS) is 10.5. The van der Waals surface area contributed by atoms with E-state index in [1.807, 2.05) is 79.7 Å². The summed E-state index contributed by atoms with van der Waals surface area (Å²) in [6.45, 7) is 4.29. The molecule has 170 valence electrons. The molecule has 0 fully saturated rings. The summed E-state index contributed by atoms with van der Waals surface area (Å²) in [7, 11) is 0. The van der Waals surface area contributed by atoms with Crippen molar-refractivity contribution in [2.75, 3.05) is 17.2 Å². The van der Waals surface area contributed by atoms with Gasteiger partial charge in [-0.15, -0.1) is 0 Å². The Bertz CT molecular complexity index is 1280. The van der Waals surface area contributed by atoms with Crippen molar-refractivity contribution in [3.63, 3.8) is 0 Å². The van der Waals surface area contributed by atoms with Crippen LogP contribution >= 0.6 is 0 Å². The Morgan fingerprint density at radius 1 is 0.853 bits per heavy atom. The SMILES string of the molecule is CC(=O)c1ccc(-c2ccc(C)cc2)c(C(=O)Nc2ccc(NCCc3ccccn3)cc2)c1. The van der Waals surface area contributed by atoms with Crippen molar-refractivity contribution in [1.82, 2.24) is 4.98 Å². The second kappa shape index (κ2) is 10.6. The Labute approximate surface area is 199 Å². The lowest BCUT2D eigenvalue weighted by Crippen LogP contribution is -2.14. The molecule has 1 amide bonds. The minimum absolute atomic E-state index is 0.0781. The van der Waals surface area contributed by atoms with Gasteiger partial charge in [-0.1, -0.05) is 48.0 Å². The molecule has 0 bridgehead atoms. The number of hydrogen-bond acceptors (Lipinski definition) is 4. The number of benzene rings is 3. The molecule has 3 aromatic carbocycles. The first-order chi connectivity index (χ1) is 16.5. The number of carbonyl (C=O) groups is 2. The number of amides is 1. The van der Waals surface area contributed by atoms with E-state index in [0.29, 0.717) is 16.8 Å². The van der Waals surface area contributed by atoms with Crippen LogP contribution in [0, 0.1) is 6.92 Å². The zero-order valence-corrected chi connectivity index (χ0v) is 19.3. The summed E-state index contributed by atoms with van der Waals surface area (Å²) in [6, 6.07) is 26.7. The fourth-order valence-electron chi connectivity index (χ4n) is 3.69. The van der Waals surface area contributed by atoms with Gasteiger partial charge in [0.1, 0.15) is 0 Å². The van der Waals surface area contributed by atoms with Gasteiger partial charge >= 0.3 is 0 Å². The third-order valence-electron chi connectivity index (χ3n) is 5.61. The van der Waals surface area contributed by atoms with Gasteiger partial charge in [-0.2, -0.15) is 0 Å². The molecule has 1 aromatic heterocycles. The van der Waals surface area contributed by atoms with Gasteiger partial charge in [0, 0.05) is 47.4 Å². The number of carbonyl (C=O) groups excluding carboxylic acids is 2. The Morgan fingerprint density at radius 2 is 1.59 bits per heavy atom. The quantitative estimate of drug-likeness (QED) is 0.316. The number of aryl methyl sites for hydroxylation is 1. The average molecular weight is 450 g/mol. The first-order valence-electron chi connectivity index (χ1n) is 11.3. The molecule has 5 heteroatoms. The largest absolute Gasteiger partial charge is 0.385 e. The summed E-state index contributed by atoms with van der Waals surface area (Å²) < 4.78 is 0. The Morgan fingerprint density at radius 3 is 2.26 bits per heavy atom. The summed E-state index contributed by atoms with van der Waals surface area (Å²) in [5, 5.41) is 6.34. The maximum Gasteiger partial charge on any atom is 0.256 e. The van der Waals surface area contributed by atoms with Crippen molar-refractivity contribution in [3.05, 3.63) is 114 Å². The van der Waals surface area contributed by atoms with Crippen LogP contribution in [0.5, 0.6) is 0 Å². The predicted octanol–water partition coefficient (Wildman–Crippen LogP) is 6.17. The molecule has 4 aromatic rings. The maximum atomic E-state index is 13.2. The summed E-state index contributed by atoms with van der Waals surface area (Å²) in [4.78, 5) is 29.5. The van der Waals surface area contributed by atoms with Crippen molar-refractivity contribution in [3.8, 4) is 11.1 Å². The van der Waals surface area contributed by atoms with E-state index in [1.165, 1.54) is 6.92 Å². The van der Waals surface area contributed by atoms with Crippen LogP contribution in [0.25, 0.3) is 11.1 Å². The van der Waals surface area contributed by atoms with Crippen molar-refractivity contribution >= 4 is 23.1 Å². The molecule has 0 saturated carbocycles. The molecule has 0 saturated heterocycles. The minimum Gasteiger partial charge on any atom is -0.385 e. The highest BCUT2D eigenvalue weighted by Gasteiger charge is 2.16. The molecule has 0 atom stereocenters. The van der Waals surface area contributed by atoms with Crippen LogP contribution in [-0.2, 0) is 6.42 Å². The van der Waals surface area contributed by atoms with Gasteiger partial charge in [0.25, 0.3) is 5.91 Å². The molecule has 0 aliphatic carbocycles. The molecular formula is C29H27N3O2. The van der Waals surface area contributed by atoms with E-state index in [9.17, 15) is 9.59 Å². The van der Waals surface area contributed by atoms with Crippen LogP contribution in [0.1, 0.15) is 38.9 Å². The molecule has 34 heavy (non-hydrogen) atoms. The zero-order chi connectivity index (χ0) is 23.9. The van der Waals surface area contributed by atoms with Crippen molar-refractivity contribution in [2.24, 2.45) is 0 Å². The lowest BCUT2D eigenvalue weighted by molar-refractivity contribution is 0.101. The van der Waals surface area contributed by atoms with Crippen LogP contribution < -0.4 is 10.6 Å². The summed E-state index contributed by atoms with van der Waals surface area (Å²) >= 11 is 0. The van der Waals surface area contributed by atoms with Gasteiger partial charge < -0.3 is 10.6 Å². The van der Waals surface area contributed by atoms with E-state index in [2.05, 4.69) is 15.6 Å². The summed E-state index contributed by atoms with van der Waals surface area (Å²) in [5.41, 5.74) is 6.52. The van der Waals surface area contributed by atoms with Gasteiger partial charge in [-0.3, -0.25) is 14.6 Å². The van der Waals surface area contributed by atoms with E-state index in [-0.39, 0.29) is 11.7 Å². The third kappa shape index (κ3) is 5.75. The molecule has 5 nitrogen and oxygen atoms in total. The molecule has 0 unspecified atom stereocenters. The number of anilines is 2. The summed E-state index contributed by atoms with van der Waals surface area (Å²) in [6.07, 6.45) is 2.62. The van der Waals surface area contributed by atoms with Crippen LogP contribution in [0.3, 0.4) is 0 Å². The molecule has 0 spiro atoms. The number of rotatable bonds is 8. The number of Topliss-reactive ketones (excluding diaryl/α,β-unsaturated/α-hetero) is 1. The van der Waals surface area contributed by atoms with Crippen molar-refractivity contribution in [2.45, 2.75) is 20.3 Å². The molecule has 0 aliphatic rings. The number of aromatic nitrogens is 1. The molecule has 4 rings (SSSR count). The predicted molar refractivity (Wildman–Crippen MR) is 137 cm³/mol. The first-order valence-corrected chi connectivity index (χ1v) is 11.3. The number of ketones is 1. The molecule has 1 heterocycles. The Balaban J connectivity index is 1.47. The van der Waals surface area contributed by atoms with Crippen molar-refractivity contribution < 1.29 is 9.59 Å². The number of nitrogens with zero attached hydrogens (tertiary/aromatic N) is 1. The first kappa shape index (κ1) is 22.9. The lowest BCUT2D eigenvalue weighted by Gasteiger charge is -2.13. The van der Waals surface area contributed by atoms with E-state index in [1.54, 1.807) is 18.3 Å². The highest BCUT2D eigenvalue weighted by molar-refractivity contribution is 6.10. The lowest BCUT2D eigenvalue weighted by atomic mass is 9.95. The Kier molecular flexibility index (Phi) is 7.13. The van der Waals surface area contributed by atoms with Gasteiger partial charge in [-0.05, 0) is 67.4 Å². The number of pyridine rings is 1. The third-order valence-corrected chi connectivity index (χ3v) is 5.61. The molecular weight excluding hydrogens is 422 g/mol. The highest BCUT2D eigenvalue weighted by atomic mass is 16.1. The molecule has 2 N–H and O–H groups in total. The van der Waals surface area contributed by atoms with Gasteiger partial charge in [-0.25, -0.2) is 0 Å². The van der Waals surface area contributed by atoms with Crippen LogP contribution in [0.2, 0.25) is 0 Å². The molecule has 0 radical (unpaired) electrons. The van der Waals surface area contributed by atoms with E-state index in [4.69, 9.17) is 0 Å². The van der Waals surface area contributed by atoms with Gasteiger partial charge in [0.15, 0.2) is 5.78 Å². The van der Waals surface area contributed by atoms with E-state index in [0.717, 1.165) is 41.0 Å². The van der Waals surface area contributed by atoms with Gasteiger partial charge in [0.05, 0.1) is 0 Å². The topological polar surface area (TPSA) is 71.1 Å². The fraction of sp³-hybridized carbons (Fsp3) is 0.138. The minimum atomic E-state index is -0.255. The van der Waals surface area contributed by atoms with E-state index >= 15 is 0 Å². The number of nitrogens with one attached hydrogen (secondary N) is 2.